The molecular formula is C25H21F6O3P. The standard InChI is InChI=1S/C25H21F6O3P/c1-32-18-7-5-8-19(33-2)22(18)17-6-4-9-20-23(17)35(3)21(34-20)12-14-10-15(24(26,27)28)13-16(11-14)25(29,30)31/h4-11,13,21H,12H2,1-3H3/t21-,35?/m1/s1. The maximum Gasteiger partial charge on any atom is 0.416 e. The van der Waals surface area contributed by atoms with Crippen LogP contribution >= 0.6 is 7.92 Å². The van der Waals surface area contributed by atoms with Gasteiger partial charge in [0, 0.05) is 17.3 Å². The monoisotopic (exact) mass is 514 g/mol. The maximum absolute atomic E-state index is 13.3. The van der Waals surface area contributed by atoms with Crippen LogP contribution in [0, 0.1) is 0 Å². The van der Waals surface area contributed by atoms with Gasteiger partial charge in [0.2, 0.25) is 0 Å². The topological polar surface area (TPSA) is 27.7 Å². The Morgan fingerprint density at radius 2 is 1.37 bits per heavy atom. The highest BCUT2D eigenvalue weighted by molar-refractivity contribution is 7.66. The van der Waals surface area contributed by atoms with E-state index in [-0.39, 0.29) is 18.1 Å². The highest BCUT2D eigenvalue weighted by atomic mass is 31.1. The van der Waals surface area contributed by atoms with Gasteiger partial charge in [0.1, 0.15) is 23.1 Å². The van der Waals surface area contributed by atoms with Gasteiger partial charge in [0.15, 0.2) is 0 Å². The fourth-order valence-corrected chi connectivity index (χ4v) is 6.27. The van der Waals surface area contributed by atoms with Crippen LogP contribution in [0.25, 0.3) is 11.1 Å². The van der Waals surface area contributed by atoms with Crippen molar-refractivity contribution in [2.45, 2.75) is 24.6 Å². The van der Waals surface area contributed by atoms with E-state index >= 15 is 0 Å². The van der Waals surface area contributed by atoms with Crippen LogP contribution in [0.4, 0.5) is 26.3 Å². The second-order valence-corrected chi connectivity index (χ2v) is 10.2. The van der Waals surface area contributed by atoms with Crippen LogP contribution in [-0.2, 0) is 18.8 Å². The van der Waals surface area contributed by atoms with Crippen molar-refractivity contribution in [2.24, 2.45) is 0 Å². The van der Waals surface area contributed by atoms with E-state index in [2.05, 4.69) is 0 Å². The Balaban J connectivity index is 1.74. The minimum absolute atomic E-state index is 0.0873. The molecule has 1 aliphatic heterocycles. The predicted octanol–water partition coefficient (Wildman–Crippen LogP) is 7.11. The van der Waals surface area contributed by atoms with Crippen molar-refractivity contribution >= 4 is 13.2 Å². The molecule has 0 saturated carbocycles. The number of hydrogen-bond donors (Lipinski definition) is 0. The van der Waals surface area contributed by atoms with Gasteiger partial charge in [-0.05, 0) is 56.5 Å². The van der Waals surface area contributed by atoms with Gasteiger partial charge in [-0.2, -0.15) is 26.3 Å². The van der Waals surface area contributed by atoms with Gasteiger partial charge in [0.05, 0.1) is 30.9 Å². The molecule has 0 aliphatic carbocycles. The van der Waals surface area contributed by atoms with E-state index in [0.717, 1.165) is 23.0 Å². The lowest BCUT2D eigenvalue weighted by molar-refractivity contribution is -0.143. The van der Waals surface area contributed by atoms with Gasteiger partial charge < -0.3 is 14.2 Å². The number of ether oxygens (including phenoxy) is 3. The summed E-state index contributed by atoms with van der Waals surface area (Å²) in [6, 6.07) is 12.4. The molecule has 4 rings (SSSR count). The second-order valence-electron chi connectivity index (χ2n) is 7.99. The summed E-state index contributed by atoms with van der Waals surface area (Å²) in [5.41, 5.74) is -1.27. The summed E-state index contributed by atoms with van der Waals surface area (Å²) >= 11 is 0. The molecule has 10 heteroatoms. The Kier molecular flexibility index (Phi) is 6.66. The first-order valence-electron chi connectivity index (χ1n) is 10.5. The normalized spacial score (nSPS) is 17.6. The highest BCUT2D eigenvalue weighted by Crippen LogP contribution is 2.52. The summed E-state index contributed by atoms with van der Waals surface area (Å²) in [7, 11) is 1.94. The fourth-order valence-electron chi connectivity index (χ4n) is 4.19. The van der Waals surface area contributed by atoms with E-state index in [1.54, 1.807) is 30.3 Å². The molecule has 1 aliphatic rings. The quantitative estimate of drug-likeness (QED) is 0.268. The first-order chi connectivity index (χ1) is 16.4. The van der Waals surface area contributed by atoms with E-state index in [0.29, 0.717) is 22.8 Å². The van der Waals surface area contributed by atoms with Gasteiger partial charge in [-0.15, -0.1) is 0 Å². The molecule has 3 aromatic rings. The Labute approximate surface area is 199 Å². The summed E-state index contributed by atoms with van der Waals surface area (Å²) in [6.07, 6.45) is -9.91. The molecule has 3 nitrogen and oxygen atoms in total. The van der Waals surface area contributed by atoms with Crippen molar-refractivity contribution < 1.29 is 40.6 Å². The molecule has 0 N–H and O–H groups in total. The number of halogens is 6. The molecule has 1 unspecified atom stereocenters. The van der Waals surface area contributed by atoms with Crippen molar-refractivity contribution in [1.82, 2.24) is 0 Å². The summed E-state index contributed by atoms with van der Waals surface area (Å²) in [6.45, 7) is 1.90. The summed E-state index contributed by atoms with van der Waals surface area (Å²) in [5.74, 6) is 1.07. The van der Waals surface area contributed by atoms with Crippen molar-refractivity contribution in [3.8, 4) is 28.4 Å². The molecule has 2 atom stereocenters. The third-order valence-electron chi connectivity index (χ3n) is 5.80. The summed E-state index contributed by atoms with van der Waals surface area (Å²) < 4.78 is 97.0. The Bertz CT molecular complexity index is 1180. The number of fused-ring (bicyclic) bond motifs is 1. The third-order valence-corrected chi connectivity index (χ3v) is 8.12. The van der Waals surface area contributed by atoms with E-state index in [1.165, 1.54) is 14.2 Å². The summed E-state index contributed by atoms with van der Waals surface area (Å²) in [5, 5.41) is 0.846. The molecule has 0 saturated heterocycles. The fraction of sp³-hybridized carbons (Fsp3) is 0.280. The Morgan fingerprint density at radius 1 is 0.829 bits per heavy atom. The smallest absolute Gasteiger partial charge is 0.416 e. The van der Waals surface area contributed by atoms with Gasteiger partial charge >= 0.3 is 12.4 Å². The minimum Gasteiger partial charge on any atom is -0.496 e. The van der Waals surface area contributed by atoms with Gasteiger partial charge in [-0.25, -0.2) is 0 Å². The minimum atomic E-state index is -4.90. The summed E-state index contributed by atoms with van der Waals surface area (Å²) in [4.78, 5) is 0. The SMILES string of the molecule is COc1cccc(OC)c1-c1cccc2c1P(C)[C@H](Cc1cc(C(F)(F)F)cc(C(F)(F)F)c1)O2. The van der Waals surface area contributed by atoms with Crippen LogP contribution in [-0.4, -0.2) is 26.7 Å². The molecule has 186 valence electrons. The lowest BCUT2D eigenvalue weighted by atomic mass is 10.0. The van der Waals surface area contributed by atoms with Crippen molar-refractivity contribution in [3.05, 3.63) is 71.3 Å². The highest BCUT2D eigenvalue weighted by Gasteiger charge is 2.39. The van der Waals surface area contributed by atoms with Gasteiger partial charge in [0.25, 0.3) is 0 Å². The lowest BCUT2D eigenvalue weighted by Crippen LogP contribution is -2.16. The van der Waals surface area contributed by atoms with Crippen LogP contribution < -0.4 is 19.5 Å². The zero-order chi connectivity index (χ0) is 25.5. The van der Waals surface area contributed by atoms with E-state index in [9.17, 15) is 26.3 Å². The zero-order valence-corrected chi connectivity index (χ0v) is 19.8. The van der Waals surface area contributed by atoms with Crippen molar-refractivity contribution in [3.63, 3.8) is 0 Å². The van der Waals surface area contributed by atoms with Gasteiger partial charge in [-0.3, -0.25) is 0 Å². The molecule has 1 heterocycles. The molecule has 0 radical (unpaired) electrons. The molecule has 0 bridgehead atoms. The Morgan fingerprint density at radius 3 is 1.89 bits per heavy atom. The molecular weight excluding hydrogens is 493 g/mol. The number of rotatable bonds is 5. The van der Waals surface area contributed by atoms with Crippen LogP contribution in [0.2, 0.25) is 0 Å². The number of methoxy groups -OCH3 is 2. The largest absolute Gasteiger partial charge is 0.496 e. The molecule has 35 heavy (non-hydrogen) atoms. The zero-order valence-electron chi connectivity index (χ0n) is 18.9. The number of alkyl halides is 6. The molecule has 0 amide bonds. The van der Waals surface area contributed by atoms with Crippen LogP contribution in [0.3, 0.4) is 0 Å². The van der Waals surface area contributed by atoms with E-state index in [1.807, 2.05) is 12.7 Å². The van der Waals surface area contributed by atoms with Gasteiger partial charge in [-0.1, -0.05) is 18.2 Å². The second kappa shape index (κ2) is 9.26. The third kappa shape index (κ3) is 4.92. The van der Waals surface area contributed by atoms with Crippen LogP contribution in [0.5, 0.6) is 17.2 Å². The average Bonchev–Trinajstić information content (AvgIpc) is 3.12. The van der Waals surface area contributed by atoms with Crippen LogP contribution in [0.1, 0.15) is 16.7 Å². The number of benzene rings is 3. The first-order valence-corrected chi connectivity index (χ1v) is 12.3. The Hall–Kier alpha value is -2.93. The van der Waals surface area contributed by atoms with Crippen LogP contribution in [0.15, 0.2) is 54.6 Å². The molecule has 0 aromatic heterocycles. The molecule has 0 spiro atoms. The van der Waals surface area contributed by atoms with Crippen molar-refractivity contribution in [1.29, 1.82) is 0 Å². The van der Waals surface area contributed by atoms with E-state index < -0.39 is 37.2 Å². The van der Waals surface area contributed by atoms with Crippen molar-refractivity contribution in [2.75, 3.05) is 20.9 Å². The lowest BCUT2D eigenvalue weighted by Gasteiger charge is -2.20. The van der Waals surface area contributed by atoms with E-state index in [4.69, 9.17) is 14.2 Å². The molecule has 3 aromatic carbocycles. The maximum atomic E-state index is 13.3. The molecule has 0 fully saturated rings. The predicted molar refractivity (Wildman–Crippen MR) is 122 cm³/mol. The number of hydrogen-bond acceptors (Lipinski definition) is 3. The average molecular weight is 514 g/mol. The first kappa shape index (κ1) is 25.2.